The van der Waals surface area contributed by atoms with E-state index in [1.54, 1.807) is 0 Å². The fourth-order valence-electron chi connectivity index (χ4n) is 5.27. The Bertz CT molecular complexity index is 846. The summed E-state index contributed by atoms with van der Waals surface area (Å²) < 4.78 is 4.92. The SMILES string of the molecule is COCC(=O)N1CCCC(NC(=O)c2ccc(C3(CN4CCCC4)CC3)cc2)C1C(N)=O. The molecule has 8 heteroatoms. The minimum Gasteiger partial charge on any atom is -0.375 e. The quantitative estimate of drug-likeness (QED) is 0.626. The monoisotopic (exact) mass is 442 g/mol. The fourth-order valence-corrected chi connectivity index (χ4v) is 5.27. The van der Waals surface area contributed by atoms with E-state index in [0.717, 1.165) is 6.54 Å². The number of primary amides is 1. The summed E-state index contributed by atoms with van der Waals surface area (Å²) in [4.78, 5) is 41.4. The lowest BCUT2D eigenvalue weighted by molar-refractivity contribution is -0.145. The highest BCUT2D eigenvalue weighted by molar-refractivity contribution is 5.95. The molecule has 2 heterocycles. The molecule has 2 atom stereocenters. The van der Waals surface area contributed by atoms with Gasteiger partial charge in [0.1, 0.15) is 12.6 Å². The maximum absolute atomic E-state index is 12.9. The second-order valence-electron chi connectivity index (χ2n) is 9.43. The number of likely N-dealkylation sites (tertiary alicyclic amines) is 2. The van der Waals surface area contributed by atoms with Crippen molar-refractivity contribution in [1.82, 2.24) is 15.1 Å². The van der Waals surface area contributed by atoms with Gasteiger partial charge in [-0.15, -0.1) is 0 Å². The predicted molar refractivity (Wildman–Crippen MR) is 120 cm³/mol. The van der Waals surface area contributed by atoms with E-state index in [-0.39, 0.29) is 23.8 Å². The summed E-state index contributed by atoms with van der Waals surface area (Å²) in [6, 6.07) is 6.48. The van der Waals surface area contributed by atoms with Gasteiger partial charge >= 0.3 is 0 Å². The summed E-state index contributed by atoms with van der Waals surface area (Å²) in [7, 11) is 1.43. The predicted octanol–water partition coefficient (Wildman–Crippen LogP) is 1.04. The van der Waals surface area contributed by atoms with Gasteiger partial charge in [0.25, 0.3) is 5.91 Å². The van der Waals surface area contributed by atoms with Crippen LogP contribution in [-0.2, 0) is 19.7 Å². The molecule has 0 aromatic heterocycles. The third-order valence-corrected chi connectivity index (χ3v) is 7.17. The summed E-state index contributed by atoms with van der Waals surface area (Å²) >= 11 is 0. The normalized spacial score (nSPS) is 24.8. The van der Waals surface area contributed by atoms with Crippen LogP contribution in [0.1, 0.15) is 54.4 Å². The number of benzene rings is 1. The smallest absolute Gasteiger partial charge is 0.251 e. The molecule has 1 aromatic rings. The van der Waals surface area contributed by atoms with Crippen LogP contribution >= 0.6 is 0 Å². The van der Waals surface area contributed by atoms with E-state index < -0.39 is 18.0 Å². The average molecular weight is 443 g/mol. The number of nitrogens with one attached hydrogen (secondary N) is 1. The first-order valence-corrected chi connectivity index (χ1v) is 11.6. The zero-order valence-electron chi connectivity index (χ0n) is 18.8. The van der Waals surface area contributed by atoms with Gasteiger partial charge in [-0.1, -0.05) is 12.1 Å². The van der Waals surface area contributed by atoms with Gasteiger partial charge in [0.05, 0.1) is 6.04 Å². The number of amides is 3. The number of hydrogen-bond acceptors (Lipinski definition) is 5. The van der Waals surface area contributed by atoms with Crippen molar-refractivity contribution in [3.8, 4) is 0 Å². The van der Waals surface area contributed by atoms with Crippen molar-refractivity contribution in [1.29, 1.82) is 0 Å². The minimum absolute atomic E-state index is 0.120. The molecule has 2 aliphatic heterocycles. The molecule has 3 fully saturated rings. The first kappa shape index (κ1) is 22.7. The lowest BCUT2D eigenvalue weighted by atomic mass is 9.93. The van der Waals surface area contributed by atoms with Gasteiger partial charge in [-0.25, -0.2) is 0 Å². The average Bonchev–Trinajstić information content (AvgIpc) is 3.38. The van der Waals surface area contributed by atoms with E-state index in [9.17, 15) is 14.4 Å². The molecule has 174 valence electrons. The van der Waals surface area contributed by atoms with Crippen LogP contribution in [0.5, 0.6) is 0 Å². The van der Waals surface area contributed by atoms with E-state index in [0.29, 0.717) is 24.9 Å². The Morgan fingerprint density at radius 3 is 2.38 bits per heavy atom. The molecule has 8 nitrogen and oxygen atoms in total. The molecular weight excluding hydrogens is 408 g/mol. The molecule has 1 saturated carbocycles. The van der Waals surface area contributed by atoms with Gasteiger partial charge in [0.2, 0.25) is 11.8 Å². The molecule has 3 N–H and O–H groups in total. The van der Waals surface area contributed by atoms with Crippen LogP contribution in [-0.4, -0.2) is 79.5 Å². The third kappa shape index (κ3) is 4.81. The first-order valence-electron chi connectivity index (χ1n) is 11.6. The Kier molecular flexibility index (Phi) is 6.81. The topological polar surface area (TPSA) is 105 Å². The molecule has 32 heavy (non-hydrogen) atoms. The van der Waals surface area contributed by atoms with Gasteiger partial charge in [0.15, 0.2) is 0 Å². The van der Waals surface area contributed by atoms with E-state index in [1.165, 1.54) is 56.3 Å². The molecule has 1 aliphatic carbocycles. The summed E-state index contributed by atoms with van der Waals surface area (Å²) in [5, 5.41) is 2.94. The van der Waals surface area contributed by atoms with Gasteiger partial charge in [-0.3, -0.25) is 14.4 Å². The standard InChI is InChI=1S/C24H34N4O4/c1-32-15-20(29)28-14-4-5-19(21(28)22(25)30)26-23(31)17-6-8-18(9-7-17)24(10-11-24)16-27-12-2-3-13-27/h6-9,19,21H,2-5,10-16H2,1H3,(H2,25,30)(H,26,31). The number of nitrogens with two attached hydrogens (primary N) is 1. The van der Waals surface area contributed by atoms with E-state index in [2.05, 4.69) is 22.3 Å². The minimum atomic E-state index is -0.871. The Morgan fingerprint density at radius 1 is 1.09 bits per heavy atom. The van der Waals surface area contributed by atoms with Gasteiger partial charge < -0.3 is 25.6 Å². The second kappa shape index (κ2) is 9.58. The van der Waals surface area contributed by atoms with Crippen molar-refractivity contribution in [3.05, 3.63) is 35.4 Å². The highest BCUT2D eigenvalue weighted by Crippen LogP contribution is 2.49. The molecule has 0 radical (unpaired) electrons. The lowest BCUT2D eigenvalue weighted by Gasteiger charge is -2.39. The van der Waals surface area contributed by atoms with Crippen molar-refractivity contribution in [3.63, 3.8) is 0 Å². The van der Waals surface area contributed by atoms with Gasteiger partial charge in [0, 0.05) is 31.2 Å². The number of hydrogen-bond donors (Lipinski definition) is 2. The van der Waals surface area contributed by atoms with Crippen LogP contribution < -0.4 is 11.1 Å². The van der Waals surface area contributed by atoms with Crippen LogP contribution in [0.3, 0.4) is 0 Å². The number of nitrogens with zero attached hydrogens (tertiary/aromatic N) is 2. The molecule has 2 saturated heterocycles. The lowest BCUT2D eigenvalue weighted by Crippen LogP contribution is -2.62. The Hall–Kier alpha value is -2.45. The number of piperidine rings is 1. The number of carbonyl (C=O) groups excluding carboxylic acids is 3. The Balaban J connectivity index is 1.41. The summed E-state index contributed by atoms with van der Waals surface area (Å²) in [6.45, 7) is 3.79. The van der Waals surface area contributed by atoms with Crippen LogP contribution in [0, 0.1) is 0 Å². The highest BCUT2D eigenvalue weighted by atomic mass is 16.5. The maximum Gasteiger partial charge on any atom is 0.251 e. The Labute approximate surface area is 189 Å². The van der Waals surface area contributed by atoms with E-state index in [4.69, 9.17) is 10.5 Å². The van der Waals surface area contributed by atoms with Crippen molar-refractivity contribution in [2.45, 2.75) is 56.0 Å². The van der Waals surface area contributed by atoms with E-state index in [1.807, 2.05) is 12.1 Å². The third-order valence-electron chi connectivity index (χ3n) is 7.17. The van der Waals surface area contributed by atoms with Crippen LogP contribution in [0.4, 0.5) is 0 Å². The summed E-state index contributed by atoms with van der Waals surface area (Å²) in [5.74, 6) is -1.17. The van der Waals surface area contributed by atoms with Gasteiger partial charge in [-0.2, -0.15) is 0 Å². The number of ether oxygens (including phenoxy) is 1. The number of rotatable bonds is 8. The molecular formula is C24H34N4O4. The van der Waals surface area contributed by atoms with Crippen molar-refractivity contribution >= 4 is 17.7 Å². The fraction of sp³-hybridized carbons (Fsp3) is 0.625. The molecule has 4 rings (SSSR count). The van der Waals surface area contributed by atoms with Crippen molar-refractivity contribution in [2.75, 3.05) is 39.9 Å². The van der Waals surface area contributed by atoms with Gasteiger partial charge in [-0.05, 0) is 69.3 Å². The number of methoxy groups -OCH3 is 1. The highest BCUT2D eigenvalue weighted by Gasteiger charge is 2.45. The largest absolute Gasteiger partial charge is 0.375 e. The molecule has 3 amide bonds. The molecule has 3 aliphatic rings. The summed E-state index contributed by atoms with van der Waals surface area (Å²) in [5.41, 5.74) is 7.69. The molecule has 0 spiro atoms. The van der Waals surface area contributed by atoms with Crippen LogP contribution in [0.15, 0.2) is 24.3 Å². The maximum atomic E-state index is 12.9. The van der Waals surface area contributed by atoms with Crippen LogP contribution in [0.2, 0.25) is 0 Å². The van der Waals surface area contributed by atoms with Crippen molar-refractivity contribution in [2.24, 2.45) is 5.73 Å². The van der Waals surface area contributed by atoms with Crippen molar-refractivity contribution < 1.29 is 19.1 Å². The zero-order chi connectivity index (χ0) is 22.7. The zero-order valence-corrected chi connectivity index (χ0v) is 18.8. The second-order valence-corrected chi connectivity index (χ2v) is 9.43. The number of carbonyl (C=O) groups is 3. The van der Waals surface area contributed by atoms with Crippen LogP contribution in [0.25, 0.3) is 0 Å². The molecule has 1 aromatic carbocycles. The van der Waals surface area contributed by atoms with E-state index >= 15 is 0 Å². The molecule has 0 bridgehead atoms. The molecule has 2 unspecified atom stereocenters. The first-order chi connectivity index (χ1) is 15.4. The Morgan fingerprint density at radius 2 is 1.78 bits per heavy atom. The summed E-state index contributed by atoms with van der Waals surface area (Å²) in [6.07, 6.45) is 6.25.